The third-order valence-corrected chi connectivity index (χ3v) is 1.60. The van der Waals surface area contributed by atoms with Crippen molar-refractivity contribution in [2.24, 2.45) is 5.14 Å². The first-order chi connectivity index (χ1) is 5.72. The molecule has 0 aromatic heterocycles. The van der Waals surface area contributed by atoms with Gasteiger partial charge in [-0.05, 0) is 0 Å². The van der Waals surface area contributed by atoms with Gasteiger partial charge in [0.1, 0.15) is 6.04 Å². The Hall–Kier alpha value is -1.19. The van der Waals surface area contributed by atoms with Crippen molar-refractivity contribution in [3.8, 4) is 0 Å². The van der Waals surface area contributed by atoms with Gasteiger partial charge in [-0.2, -0.15) is 13.1 Å². The molecule has 0 amide bonds. The number of rotatable bonds is 5. The minimum Gasteiger partial charge on any atom is -0.481 e. The van der Waals surface area contributed by atoms with Crippen LogP contribution >= 0.6 is 0 Å². The highest BCUT2D eigenvalue weighted by Crippen LogP contribution is 1.93. The molecule has 9 heteroatoms. The highest BCUT2D eigenvalue weighted by molar-refractivity contribution is 7.87. The number of carboxylic acid groups (broad SMARTS) is 2. The summed E-state index contributed by atoms with van der Waals surface area (Å²) in [4.78, 5) is 20.3. The minimum absolute atomic E-state index is 0.869. The molecule has 0 spiro atoms. The maximum Gasteiger partial charge on any atom is 0.322 e. The van der Waals surface area contributed by atoms with E-state index in [2.05, 4.69) is 5.14 Å². The maximum absolute atomic E-state index is 10.3. The molecule has 0 aromatic carbocycles. The summed E-state index contributed by atoms with van der Waals surface area (Å²) in [6, 6.07) is -1.74. The van der Waals surface area contributed by atoms with Gasteiger partial charge in [0.2, 0.25) is 0 Å². The van der Waals surface area contributed by atoms with Gasteiger partial charge >= 0.3 is 11.9 Å². The lowest BCUT2D eigenvalue weighted by molar-refractivity contribution is -0.145. The van der Waals surface area contributed by atoms with E-state index in [4.69, 9.17) is 10.2 Å². The number of hydrogen-bond donors (Lipinski definition) is 4. The molecular formula is C4H8N2O6S. The Morgan fingerprint density at radius 3 is 2.08 bits per heavy atom. The predicted octanol–water partition coefficient (Wildman–Crippen LogP) is -2.29. The van der Waals surface area contributed by atoms with Crippen molar-refractivity contribution in [2.45, 2.75) is 12.5 Å². The van der Waals surface area contributed by atoms with Gasteiger partial charge in [0, 0.05) is 0 Å². The smallest absolute Gasteiger partial charge is 0.322 e. The second-order valence-corrected chi connectivity index (χ2v) is 3.48. The predicted molar refractivity (Wildman–Crippen MR) is 39.9 cm³/mol. The topological polar surface area (TPSA) is 147 Å². The second kappa shape index (κ2) is 4.16. The standard InChI is InChI=1S/C4H8N2O6S/c5-13(11,12)6-2(4(9)10)1-3(7)8/h2,6H,1H2,(H,7,8)(H,9,10)(H2,5,11,12)/t2-/m1/s1. The van der Waals surface area contributed by atoms with Crippen molar-refractivity contribution >= 4 is 22.1 Å². The monoisotopic (exact) mass is 212 g/mol. The molecule has 1 atom stereocenters. The van der Waals surface area contributed by atoms with Crippen LogP contribution in [0.3, 0.4) is 0 Å². The Morgan fingerprint density at radius 2 is 1.85 bits per heavy atom. The van der Waals surface area contributed by atoms with E-state index in [1.807, 2.05) is 0 Å². The van der Waals surface area contributed by atoms with E-state index in [0.717, 1.165) is 0 Å². The summed E-state index contributed by atoms with van der Waals surface area (Å²) in [6.07, 6.45) is -0.869. The van der Waals surface area contributed by atoms with Gasteiger partial charge in [-0.3, -0.25) is 9.59 Å². The SMILES string of the molecule is NS(=O)(=O)N[C@H](CC(=O)O)C(=O)O. The van der Waals surface area contributed by atoms with Gasteiger partial charge in [0.15, 0.2) is 0 Å². The third-order valence-electron chi connectivity index (χ3n) is 0.983. The second-order valence-electron chi connectivity index (χ2n) is 2.15. The Bertz CT molecular complexity index is 309. The van der Waals surface area contributed by atoms with E-state index in [9.17, 15) is 18.0 Å². The zero-order chi connectivity index (χ0) is 10.6. The molecule has 0 fully saturated rings. The molecule has 0 saturated carbocycles. The van der Waals surface area contributed by atoms with Crippen LogP contribution in [0.25, 0.3) is 0 Å². The fraction of sp³-hybridized carbons (Fsp3) is 0.500. The summed E-state index contributed by atoms with van der Waals surface area (Å²) >= 11 is 0. The van der Waals surface area contributed by atoms with Crippen molar-refractivity contribution in [2.75, 3.05) is 0 Å². The van der Waals surface area contributed by atoms with Gasteiger partial charge in [0.05, 0.1) is 6.42 Å². The maximum atomic E-state index is 10.3. The summed E-state index contributed by atoms with van der Waals surface area (Å²) in [5.74, 6) is -3.04. The Morgan fingerprint density at radius 1 is 1.38 bits per heavy atom. The average molecular weight is 212 g/mol. The van der Waals surface area contributed by atoms with E-state index >= 15 is 0 Å². The molecule has 0 aliphatic carbocycles. The molecule has 0 heterocycles. The van der Waals surface area contributed by atoms with Crippen LogP contribution in [-0.2, 0) is 19.8 Å². The van der Waals surface area contributed by atoms with E-state index in [-0.39, 0.29) is 0 Å². The highest BCUT2D eigenvalue weighted by atomic mass is 32.2. The highest BCUT2D eigenvalue weighted by Gasteiger charge is 2.24. The van der Waals surface area contributed by atoms with Gasteiger partial charge in [-0.25, -0.2) is 5.14 Å². The molecule has 0 unspecified atom stereocenters. The van der Waals surface area contributed by atoms with E-state index < -0.39 is 34.6 Å². The van der Waals surface area contributed by atoms with Gasteiger partial charge in [-0.15, -0.1) is 0 Å². The number of nitrogens with two attached hydrogens (primary N) is 1. The zero-order valence-electron chi connectivity index (χ0n) is 6.30. The molecule has 0 aliphatic rings. The van der Waals surface area contributed by atoms with Crippen molar-refractivity contribution in [1.82, 2.24) is 4.72 Å². The lowest BCUT2D eigenvalue weighted by atomic mass is 10.2. The van der Waals surface area contributed by atoms with Gasteiger partial charge < -0.3 is 10.2 Å². The number of carbonyl (C=O) groups is 2. The zero-order valence-corrected chi connectivity index (χ0v) is 7.11. The molecule has 0 aromatic rings. The van der Waals surface area contributed by atoms with E-state index in [0.29, 0.717) is 0 Å². The molecule has 0 radical (unpaired) electrons. The van der Waals surface area contributed by atoms with Crippen LogP contribution in [0.2, 0.25) is 0 Å². The molecule has 13 heavy (non-hydrogen) atoms. The lowest BCUT2D eigenvalue weighted by Gasteiger charge is -2.09. The van der Waals surface area contributed by atoms with Crippen molar-refractivity contribution in [3.63, 3.8) is 0 Å². The molecule has 0 rings (SSSR count). The van der Waals surface area contributed by atoms with Crippen LogP contribution in [0.5, 0.6) is 0 Å². The van der Waals surface area contributed by atoms with Crippen LogP contribution in [0.4, 0.5) is 0 Å². The first-order valence-corrected chi connectivity index (χ1v) is 4.51. The summed E-state index contributed by atoms with van der Waals surface area (Å²) in [5.41, 5.74) is 0. The first kappa shape index (κ1) is 11.8. The Labute approximate surface area is 73.5 Å². The lowest BCUT2D eigenvalue weighted by Crippen LogP contribution is -2.45. The van der Waals surface area contributed by atoms with Crippen LogP contribution < -0.4 is 9.86 Å². The molecular weight excluding hydrogens is 204 g/mol. The van der Waals surface area contributed by atoms with Crippen molar-refractivity contribution in [3.05, 3.63) is 0 Å². The quantitative estimate of drug-likeness (QED) is 0.403. The van der Waals surface area contributed by atoms with Crippen LogP contribution in [0, 0.1) is 0 Å². The van der Waals surface area contributed by atoms with E-state index in [1.165, 1.54) is 4.72 Å². The van der Waals surface area contributed by atoms with Crippen LogP contribution in [0.1, 0.15) is 6.42 Å². The first-order valence-electron chi connectivity index (χ1n) is 2.97. The molecule has 0 bridgehead atoms. The summed E-state index contributed by atoms with van der Waals surface area (Å²) in [5, 5.41) is 21.0. The normalized spacial score (nSPS) is 13.6. The summed E-state index contributed by atoms with van der Waals surface area (Å²) in [7, 11) is -4.21. The number of hydrogen-bond acceptors (Lipinski definition) is 4. The summed E-state index contributed by atoms with van der Waals surface area (Å²) < 4.78 is 22.1. The molecule has 0 aliphatic heterocycles. The number of carboxylic acids is 2. The van der Waals surface area contributed by atoms with E-state index in [1.54, 1.807) is 0 Å². The largest absolute Gasteiger partial charge is 0.481 e. The number of aliphatic carboxylic acids is 2. The van der Waals surface area contributed by atoms with Crippen LogP contribution in [0.15, 0.2) is 0 Å². The molecule has 5 N–H and O–H groups in total. The van der Waals surface area contributed by atoms with Crippen molar-refractivity contribution < 1.29 is 28.2 Å². The van der Waals surface area contributed by atoms with Gasteiger partial charge in [0.25, 0.3) is 10.2 Å². The minimum atomic E-state index is -4.21. The van der Waals surface area contributed by atoms with Crippen molar-refractivity contribution in [1.29, 1.82) is 0 Å². The summed E-state index contributed by atoms with van der Waals surface area (Å²) in [6.45, 7) is 0. The number of nitrogens with one attached hydrogen (secondary N) is 1. The Balaban J connectivity index is 4.45. The molecule has 0 saturated heterocycles. The van der Waals surface area contributed by atoms with Crippen LogP contribution in [-0.4, -0.2) is 36.6 Å². The fourth-order valence-electron chi connectivity index (χ4n) is 0.552. The average Bonchev–Trinajstić information content (AvgIpc) is 1.81. The molecule has 76 valence electrons. The fourth-order valence-corrected chi connectivity index (χ4v) is 1.13. The third kappa shape index (κ3) is 6.02. The molecule has 8 nitrogen and oxygen atoms in total. The van der Waals surface area contributed by atoms with Gasteiger partial charge in [-0.1, -0.05) is 0 Å². The Kier molecular flexibility index (Phi) is 3.78.